The molecule has 6 rings (SSSR count). The molecule has 2 aliphatic carbocycles. The number of aromatic nitrogens is 1. The van der Waals surface area contributed by atoms with E-state index in [-0.39, 0.29) is 32.6 Å². The third-order valence-corrected chi connectivity index (χ3v) is 9.46. The fourth-order valence-electron chi connectivity index (χ4n) is 6.86. The summed E-state index contributed by atoms with van der Waals surface area (Å²) in [5, 5.41) is 6.23. The van der Waals surface area contributed by atoms with Crippen molar-refractivity contribution in [1.29, 1.82) is 0 Å². The van der Waals surface area contributed by atoms with E-state index in [1.54, 1.807) is 6.08 Å². The van der Waals surface area contributed by atoms with Crippen molar-refractivity contribution in [3.05, 3.63) is 184 Å². The quantitative estimate of drug-likeness (QED) is 0.125. The normalized spacial score (nSPS) is 14.2. The SMILES string of the molecule is C/C=C\C1=C(C)c2cc3c(CC)c(/C=C\C)n(C)c3cc2C1(C)C.C1=CCCC([N-]C(N[N-]c2ccccc2)c2ccccc2)=C1.C=C/C=C\C.CC.CC.[W+2]. The third-order valence-electron chi connectivity index (χ3n) is 9.46. The first kappa shape index (κ1) is 49.6. The maximum atomic E-state index is 4.83. The van der Waals surface area contributed by atoms with Gasteiger partial charge in [0.25, 0.3) is 0 Å². The summed E-state index contributed by atoms with van der Waals surface area (Å²) < 4.78 is 2.35. The van der Waals surface area contributed by atoms with Crippen LogP contribution in [0.1, 0.15) is 123 Å². The van der Waals surface area contributed by atoms with Crippen molar-refractivity contribution in [1.82, 2.24) is 9.99 Å². The summed E-state index contributed by atoms with van der Waals surface area (Å²) in [7, 11) is 2.19. The Balaban J connectivity index is 0.000000457. The molecule has 0 amide bonds. The minimum Gasteiger partial charge on any atom is -0.671 e. The molecule has 0 radical (unpaired) electrons. The molecule has 1 N–H and O–H groups in total. The monoisotopic (exact) mass is 920 g/mol. The van der Waals surface area contributed by atoms with Crippen LogP contribution in [0.4, 0.5) is 5.69 Å². The Kier molecular flexibility index (Phi) is 23.5. The second-order valence-electron chi connectivity index (χ2n) is 13.3. The third kappa shape index (κ3) is 13.1. The Labute approximate surface area is 355 Å². The minimum absolute atomic E-state index is 0. The number of benzene rings is 3. The molecule has 4 aromatic rings. The van der Waals surface area contributed by atoms with Crippen LogP contribution in [0.25, 0.3) is 33.3 Å². The van der Waals surface area contributed by atoms with Crippen LogP contribution < -0.4 is 5.43 Å². The van der Waals surface area contributed by atoms with Crippen molar-refractivity contribution < 1.29 is 21.1 Å². The molecule has 4 nitrogen and oxygen atoms in total. The average Bonchev–Trinajstić information content (AvgIpc) is 3.60. The number of para-hydroxylation sites is 1. The van der Waals surface area contributed by atoms with Crippen molar-refractivity contribution in [3.8, 4) is 0 Å². The first-order chi connectivity index (χ1) is 26.7. The molecule has 3 aromatic carbocycles. The summed E-state index contributed by atoms with van der Waals surface area (Å²) in [6, 6.07) is 24.9. The largest absolute Gasteiger partial charge is 2.00 e. The van der Waals surface area contributed by atoms with E-state index in [2.05, 4.69) is 137 Å². The minimum atomic E-state index is -0.167. The molecular formula is C51H68N4W. The van der Waals surface area contributed by atoms with Crippen LogP contribution in [-0.4, -0.2) is 4.57 Å². The predicted molar refractivity (Wildman–Crippen MR) is 247 cm³/mol. The van der Waals surface area contributed by atoms with E-state index in [4.69, 9.17) is 5.32 Å². The average molecular weight is 921 g/mol. The van der Waals surface area contributed by atoms with Gasteiger partial charge in [-0.3, -0.25) is 0 Å². The van der Waals surface area contributed by atoms with Gasteiger partial charge in [-0.05, 0) is 93.0 Å². The molecule has 5 heteroatoms. The molecule has 1 aromatic heterocycles. The second-order valence-corrected chi connectivity index (χ2v) is 13.3. The van der Waals surface area contributed by atoms with Crippen LogP contribution in [0.3, 0.4) is 0 Å². The van der Waals surface area contributed by atoms with E-state index in [0.29, 0.717) is 0 Å². The zero-order valence-electron chi connectivity index (χ0n) is 36.4. The number of rotatable bonds is 10. The van der Waals surface area contributed by atoms with Crippen molar-refractivity contribution in [2.24, 2.45) is 7.05 Å². The molecule has 56 heavy (non-hydrogen) atoms. The number of fused-ring (bicyclic) bond motifs is 2. The van der Waals surface area contributed by atoms with E-state index in [9.17, 15) is 0 Å². The van der Waals surface area contributed by atoms with Gasteiger partial charge in [0, 0.05) is 29.1 Å². The molecule has 1 unspecified atom stereocenters. The molecule has 0 spiro atoms. The van der Waals surface area contributed by atoms with Gasteiger partial charge in [0.1, 0.15) is 0 Å². The van der Waals surface area contributed by atoms with Crippen LogP contribution in [0.15, 0.2) is 145 Å². The van der Waals surface area contributed by atoms with Crippen molar-refractivity contribution >= 4 is 28.2 Å². The van der Waals surface area contributed by atoms with E-state index < -0.39 is 0 Å². The Morgan fingerprint density at radius 2 is 1.52 bits per heavy atom. The fourth-order valence-corrected chi connectivity index (χ4v) is 6.86. The molecule has 1 heterocycles. The van der Waals surface area contributed by atoms with E-state index in [0.717, 1.165) is 36.2 Å². The van der Waals surface area contributed by atoms with Gasteiger partial charge in [0.15, 0.2) is 0 Å². The van der Waals surface area contributed by atoms with Gasteiger partial charge in [-0.15, -0.1) is 5.69 Å². The van der Waals surface area contributed by atoms with Gasteiger partial charge in [0.2, 0.25) is 0 Å². The van der Waals surface area contributed by atoms with E-state index in [1.807, 2.05) is 95.3 Å². The van der Waals surface area contributed by atoms with Gasteiger partial charge in [-0.2, -0.15) is 5.70 Å². The summed E-state index contributed by atoms with van der Waals surface area (Å²) in [5.74, 6) is 0. The molecule has 298 valence electrons. The number of aryl methyl sites for hydroxylation is 2. The Morgan fingerprint density at radius 3 is 2.04 bits per heavy atom. The van der Waals surface area contributed by atoms with Crippen LogP contribution >= 0.6 is 0 Å². The summed E-state index contributed by atoms with van der Waals surface area (Å²) in [5.41, 5.74) is 20.7. The van der Waals surface area contributed by atoms with Crippen LogP contribution in [-0.2, 0) is 39.9 Å². The van der Waals surface area contributed by atoms with Crippen molar-refractivity contribution in [2.45, 2.75) is 107 Å². The molecular weight excluding hydrogens is 852 g/mol. The van der Waals surface area contributed by atoms with E-state index >= 15 is 0 Å². The summed E-state index contributed by atoms with van der Waals surface area (Å²) in [6.07, 6.45) is 23.6. The first-order valence-electron chi connectivity index (χ1n) is 20.2. The van der Waals surface area contributed by atoms with Gasteiger partial charge in [0.05, 0.1) is 0 Å². The Hall–Kier alpha value is -4.37. The number of nitrogens with zero attached hydrogens (tertiary/aromatic N) is 3. The smallest absolute Gasteiger partial charge is 0.671 e. The second kappa shape index (κ2) is 26.5. The van der Waals surface area contributed by atoms with Crippen molar-refractivity contribution in [2.75, 3.05) is 0 Å². The van der Waals surface area contributed by atoms with Crippen LogP contribution in [0.5, 0.6) is 0 Å². The first-order valence-corrected chi connectivity index (χ1v) is 20.2. The fraction of sp³-hybridized carbons (Fsp3) is 0.333. The number of allylic oxidation sites excluding steroid dienone is 12. The number of hydrogen-bond acceptors (Lipinski definition) is 1. The summed E-state index contributed by atoms with van der Waals surface area (Å²) >= 11 is 0. The van der Waals surface area contributed by atoms with Gasteiger partial charge >= 0.3 is 21.1 Å². The maximum absolute atomic E-state index is 4.83. The molecule has 0 bridgehead atoms. The number of nitrogens with one attached hydrogen (secondary N) is 1. The molecule has 0 fully saturated rings. The predicted octanol–water partition coefficient (Wildman–Crippen LogP) is 15.7. The van der Waals surface area contributed by atoms with Gasteiger partial charge in [-0.1, -0.05) is 182 Å². The molecule has 2 aliphatic rings. The van der Waals surface area contributed by atoms with Crippen molar-refractivity contribution in [3.63, 3.8) is 0 Å². The van der Waals surface area contributed by atoms with E-state index in [1.165, 1.54) is 44.4 Å². The molecule has 0 saturated carbocycles. The zero-order chi connectivity index (χ0) is 40.8. The molecule has 1 atom stereocenters. The Bertz CT molecular complexity index is 1940. The number of hydrogen-bond donors (Lipinski definition) is 1. The maximum Gasteiger partial charge on any atom is 2.00 e. The topological polar surface area (TPSA) is 45.2 Å². The summed E-state index contributed by atoms with van der Waals surface area (Å²) in [6.45, 7) is 26.8. The van der Waals surface area contributed by atoms with Gasteiger partial charge in [-0.25, -0.2) is 0 Å². The van der Waals surface area contributed by atoms with Crippen LogP contribution in [0, 0.1) is 0 Å². The zero-order valence-corrected chi connectivity index (χ0v) is 39.3. The van der Waals surface area contributed by atoms with Gasteiger partial charge < -0.3 is 20.7 Å². The molecule has 0 saturated heterocycles. The summed E-state index contributed by atoms with van der Waals surface area (Å²) in [4.78, 5) is 0. The van der Waals surface area contributed by atoms with Crippen LogP contribution in [0.2, 0.25) is 0 Å². The Morgan fingerprint density at radius 1 is 0.893 bits per heavy atom. The molecule has 0 aliphatic heterocycles. The standard InChI is InChI=1S/C23H29N.C19H19N3.C5H8.2C2H6.W/c1-8-11-19-15(4)17-13-18-16(10-3)21(12-9-2)24(7)22(18)14-20(17)23(19,5)6;1-4-10-16(11-5-1)19(20-17-12-6-2-7-13-17)22-21-18-14-8-3-9-15-18;1-3-5-4-2;2*1-2;/h8-9,11-14H,10H2,1-7H3;1-6,8-12,14-15,19,22H,7,13H2;3-5H,1H2,2H3;2*1-2H3;/q;-2;;;;+2/b11-8-,12-9-;;5-4-;;;.